The second kappa shape index (κ2) is 11.2. The van der Waals surface area contributed by atoms with E-state index in [1.165, 1.54) is 125 Å². The van der Waals surface area contributed by atoms with Crippen LogP contribution in [0.2, 0.25) is 0 Å². The van der Waals surface area contributed by atoms with Gasteiger partial charge in [0.1, 0.15) is 0 Å². The lowest BCUT2D eigenvalue weighted by atomic mass is 9.27. The number of hydrogen-bond acceptors (Lipinski definition) is 0. The van der Waals surface area contributed by atoms with Crippen LogP contribution in [-0.2, 0) is 10.8 Å². The molecule has 0 radical (unpaired) electrons. The molecule has 0 bridgehead atoms. The number of aromatic nitrogens is 1. The normalized spacial score (nSPS) is 19.7. The van der Waals surface area contributed by atoms with Crippen molar-refractivity contribution in [2.45, 2.75) is 115 Å². The van der Waals surface area contributed by atoms with E-state index in [9.17, 15) is 0 Å². The van der Waals surface area contributed by atoms with E-state index < -0.39 is 0 Å². The number of benzene rings is 5. The number of hydrogen-bond donors (Lipinski definition) is 0. The maximum absolute atomic E-state index is 2.60. The second-order valence-electron chi connectivity index (χ2n) is 17.4. The van der Waals surface area contributed by atoms with E-state index in [0.29, 0.717) is 11.8 Å². The van der Waals surface area contributed by atoms with E-state index in [2.05, 4.69) is 129 Å². The fraction of sp³-hybridized carbons (Fsp3) is 0.375. The minimum Gasteiger partial charge on any atom is -0.309 e. The van der Waals surface area contributed by atoms with Crippen molar-refractivity contribution in [1.82, 2.24) is 4.57 Å². The Morgan fingerprint density at radius 2 is 1.02 bits per heavy atom. The Morgan fingerprint density at radius 1 is 0.500 bits per heavy atom. The number of rotatable bonds is 3. The van der Waals surface area contributed by atoms with Gasteiger partial charge in [-0.15, -0.1) is 0 Å². The summed E-state index contributed by atoms with van der Waals surface area (Å²) in [5.41, 5.74) is 17.4. The van der Waals surface area contributed by atoms with Crippen LogP contribution in [-0.4, -0.2) is 11.3 Å². The zero-order valence-electron chi connectivity index (χ0n) is 30.5. The van der Waals surface area contributed by atoms with Crippen molar-refractivity contribution in [3.63, 3.8) is 0 Å². The zero-order chi connectivity index (χ0) is 33.8. The smallest absolute Gasteiger partial charge is 0.242 e. The summed E-state index contributed by atoms with van der Waals surface area (Å²) in [5.74, 6) is 1.40. The van der Waals surface area contributed by atoms with Crippen molar-refractivity contribution in [3.8, 4) is 5.69 Å². The van der Waals surface area contributed by atoms with Crippen LogP contribution in [0.1, 0.15) is 137 Å². The van der Waals surface area contributed by atoms with Gasteiger partial charge in [-0.05, 0) is 107 Å². The van der Waals surface area contributed by atoms with Crippen LogP contribution in [0.3, 0.4) is 0 Å². The van der Waals surface area contributed by atoms with Gasteiger partial charge in [0.15, 0.2) is 0 Å². The molecule has 10 rings (SSSR count). The predicted molar refractivity (Wildman–Crippen MR) is 214 cm³/mol. The molecule has 2 aliphatic carbocycles. The van der Waals surface area contributed by atoms with Crippen molar-refractivity contribution >= 4 is 44.9 Å². The monoisotopic (exact) mass is 651 g/mol. The molecular formula is C48H50BN. The molecule has 2 saturated carbocycles. The molecule has 3 heterocycles. The van der Waals surface area contributed by atoms with Crippen LogP contribution in [0, 0.1) is 0 Å². The van der Waals surface area contributed by atoms with Crippen molar-refractivity contribution in [2.75, 3.05) is 0 Å². The molecule has 0 saturated heterocycles. The van der Waals surface area contributed by atoms with Crippen LogP contribution in [0.5, 0.6) is 0 Å². The Labute approximate surface area is 299 Å². The van der Waals surface area contributed by atoms with Crippen molar-refractivity contribution < 1.29 is 0 Å². The third-order valence-corrected chi connectivity index (χ3v) is 13.9. The van der Waals surface area contributed by atoms with E-state index in [0.717, 1.165) is 0 Å². The molecule has 0 spiro atoms. The number of nitrogens with zero attached hydrogens (tertiary/aromatic N) is 1. The van der Waals surface area contributed by atoms with E-state index in [1.807, 2.05) is 0 Å². The average Bonchev–Trinajstić information content (AvgIpc) is 3.48. The van der Waals surface area contributed by atoms with E-state index in [-0.39, 0.29) is 17.5 Å². The Balaban J connectivity index is 1.19. The zero-order valence-corrected chi connectivity index (χ0v) is 30.5. The van der Waals surface area contributed by atoms with Gasteiger partial charge in [0.25, 0.3) is 0 Å². The summed E-state index contributed by atoms with van der Waals surface area (Å²) in [7, 11) is 0. The molecule has 2 heteroatoms. The van der Waals surface area contributed by atoms with Crippen LogP contribution in [0.25, 0.3) is 27.5 Å². The first-order valence-electron chi connectivity index (χ1n) is 19.8. The minimum absolute atomic E-state index is 0.0259. The molecule has 1 nitrogen and oxygen atoms in total. The Kier molecular flexibility index (Phi) is 6.91. The van der Waals surface area contributed by atoms with E-state index >= 15 is 0 Å². The van der Waals surface area contributed by atoms with Crippen LogP contribution in [0.4, 0.5) is 0 Å². The highest BCUT2D eigenvalue weighted by Crippen LogP contribution is 2.44. The molecule has 0 atom stereocenters. The standard InChI is InChI=1S/C48H50BN/c1-47(2)38-18-11-12-21-42(38)49-43-25-24-35(30-41(43)48(3,4)40-20-13-19-39(47)46(40)49)50-44-26-22-33(31-14-7-5-8-15-31)28-36(44)37-29-34(23-27-45(37)50)32-16-9-6-10-17-32/h11-13,18-32H,5-10,14-17H2,1-4H3. The summed E-state index contributed by atoms with van der Waals surface area (Å²) >= 11 is 0. The summed E-state index contributed by atoms with van der Waals surface area (Å²) in [6.45, 7) is 10.0. The molecule has 0 unspecified atom stereocenters. The number of fused-ring (bicyclic) bond motifs is 7. The molecular weight excluding hydrogens is 601 g/mol. The fourth-order valence-corrected chi connectivity index (χ4v) is 11.2. The molecule has 2 fully saturated rings. The lowest BCUT2D eigenvalue weighted by molar-refractivity contribution is 0.444. The first kappa shape index (κ1) is 30.8. The molecule has 4 aliphatic rings. The van der Waals surface area contributed by atoms with E-state index in [1.54, 1.807) is 16.6 Å². The van der Waals surface area contributed by atoms with Crippen LogP contribution in [0.15, 0.2) is 97.1 Å². The molecule has 5 aromatic carbocycles. The Hall–Kier alpha value is -4.04. The fourth-order valence-electron chi connectivity index (χ4n) is 11.2. The largest absolute Gasteiger partial charge is 0.309 e. The van der Waals surface area contributed by atoms with Crippen molar-refractivity contribution in [3.05, 3.63) is 130 Å². The summed E-state index contributed by atoms with van der Waals surface area (Å²) in [4.78, 5) is 0. The van der Waals surface area contributed by atoms with Gasteiger partial charge in [-0.25, -0.2) is 0 Å². The molecule has 1 aromatic heterocycles. The third-order valence-electron chi connectivity index (χ3n) is 13.9. The van der Waals surface area contributed by atoms with Gasteiger partial charge < -0.3 is 4.57 Å². The molecule has 0 amide bonds. The minimum atomic E-state index is -0.114. The maximum Gasteiger partial charge on any atom is 0.242 e. The highest BCUT2D eigenvalue weighted by Gasteiger charge is 2.47. The van der Waals surface area contributed by atoms with Gasteiger partial charge in [0.2, 0.25) is 6.71 Å². The van der Waals surface area contributed by atoms with Gasteiger partial charge in [-0.1, -0.05) is 143 Å². The lowest BCUT2D eigenvalue weighted by Gasteiger charge is -2.46. The summed E-state index contributed by atoms with van der Waals surface area (Å²) in [6, 6.07) is 38.9. The van der Waals surface area contributed by atoms with Crippen LogP contribution < -0.4 is 16.4 Å². The van der Waals surface area contributed by atoms with Gasteiger partial charge in [-0.2, -0.15) is 0 Å². The average molecular weight is 652 g/mol. The summed E-state index contributed by atoms with van der Waals surface area (Å²) in [6.07, 6.45) is 13.6. The first-order chi connectivity index (χ1) is 24.3. The topological polar surface area (TPSA) is 4.93 Å². The highest BCUT2D eigenvalue weighted by atomic mass is 15.0. The highest BCUT2D eigenvalue weighted by molar-refractivity contribution is 6.97. The molecule has 2 aliphatic heterocycles. The second-order valence-corrected chi connectivity index (χ2v) is 17.4. The molecule has 50 heavy (non-hydrogen) atoms. The molecule has 6 aromatic rings. The van der Waals surface area contributed by atoms with Crippen molar-refractivity contribution in [1.29, 1.82) is 0 Å². The first-order valence-corrected chi connectivity index (χ1v) is 19.8. The third kappa shape index (κ3) is 4.39. The SMILES string of the molecule is CC1(C)c2ccccc2B2c3ccc(-n4c5ccc(C6CCCCC6)cc5c5cc(C6CCCCC6)ccc54)cc3C(C)(C)c3cccc1c32. The van der Waals surface area contributed by atoms with Gasteiger partial charge >= 0.3 is 0 Å². The quantitative estimate of drug-likeness (QED) is 0.168. The maximum atomic E-state index is 2.60. The molecule has 250 valence electrons. The summed E-state index contributed by atoms with van der Waals surface area (Å²) in [5, 5.41) is 2.88. The molecule has 0 N–H and O–H groups in total. The van der Waals surface area contributed by atoms with Crippen LogP contribution >= 0.6 is 0 Å². The van der Waals surface area contributed by atoms with Crippen molar-refractivity contribution in [2.24, 2.45) is 0 Å². The van der Waals surface area contributed by atoms with Gasteiger partial charge in [0, 0.05) is 27.3 Å². The summed E-state index contributed by atoms with van der Waals surface area (Å²) < 4.78 is 2.60. The lowest BCUT2D eigenvalue weighted by Crippen LogP contribution is -2.66. The Bertz CT molecular complexity index is 2230. The van der Waals surface area contributed by atoms with Gasteiger partial charge in [0.05, 0.1) is 11.0 Å². The van der Waals surface area contributed by atoms with Gasteiger partial charge in [-0.3, -0.25) is 0 Å². The van der Waals surface area contributed by atoms with E-state index in [4.69, 9.17) is 0 Å². The Morgan fingerprint density at radius 3 is 1.62 bits per heavy atom. The predicted octanol–water partition coefficient (Wildman–Crippen LogP) is 10.7.